The predicted octanol–water partition coefficient (Wildman–Crippen LogP) is 3.37. The number of nitrogens with one attached hydrogen (secondary N) is 1. The van der Waals surface area contributed by atoms with Crippen molar-refractivity contribution in [2.24, 2.45) is 5.92 Å². The molecule has 0 saturated carbocycles. The number of piperidine rings is 3. The Labute approximate surface area is 151 Å². The fraction of sp³-hybridized carbons (Fsp3) is 0.421. The molecule has 2 bridgehead atoms. The van der Waals surface area contributed by atoms with Gasteiger partial charge in [0, 0.05) is 18.2 Å². The highest BCUT2D eigenvalue weighted by atomic mass is 32.1. The van der Waals surface area contributed by atoms with Crippen LogP contribution in [0.2, 0.25) is 0 Å². The lowest BCUT2D eigenvalue weighted by Crippen LogP contribution is -2.57. The Morgan fingerprint density at radius 3 is 2.44 bits per heavy atom. The average Bonchev–Trinajstić information content (AvgIpc) is 3.11. The van der Waals surface area contributed by atoms with Crippen LogP contribution < -0.4 is 14.8 Å². The summed E-state index contributed by atoms with van der Waals surface area (Å²) in [6.45, 7) is 3.34. The summed E-state index contributed by atoms with van der Waals surface area (Å²) < 4.78 is 10.9. The Morgan fingerprint density at radius 1 is 1.12 bits per heavy atom. The topological polar surface area (TPSA) is 50.8 Å². The largest absolute Gasteiger partial charge is 0.487 e. The number of hydrogen-bond donors (Lipinski definition) is 1. The molecule has 1 aromatic carbocycles. The van der Waals surface area contributed by atoms with E-state index in [9.17, 15) is 4.79 Å². The molecule has 3 aliphatic heterocycles. The Morgan fingerprint density at radius 2 is 1.84 bits per heavy atom. The molecule has 3 fully saturated rings. The van der Waals surface area contributed by atoms with Gasteiger partial charge in [-0.15, -0.1) is 0 Å². The molecule has 25 heavy (non-hydrogen) atoms. The summed E-state index contributed by atoms with van der Waals surface area (Å²) in [5.74, 6) is 1.34. The molecule has 3 saturated heterocycles. The van der Waals surface area contributed by atoms with Crippen molar-refractivity contribution in [2.75, 3.05) is 26.7 Å². The first-order valence-corrected chi connectivity index (χ1v) is 9.48. The van der Waals surface area contributed by atoms with Gasteiger partial charge < -0.3 is 19.7 Å². The quantitative estimate of drug-likeness (QED) is 0.890. The molecule has 5 nitrogen and oxygen atoms in total. The minimum Gasteiger partial charge on any atom is -0.487 e. The van der Waals surface area contributed by atoms with Crippen LogP contribution in [0.4, 0.5) is 0 Å². The van der Waals surface area contributed by atoms with Gasteiger partial charge in [0.25, 0.3) is 5.91 Å². The lowest BCUT2D eigenvalue weighted by molar-refractivity contribution is 0.0620. The molecule has 1 aromatic heterocycles. The third-order valence-corrected chi connectivity index (χ3v) is 5.99. The third-order valence-electron chi connectivity index (χ3n) is 5.07. The van der Waals surface area contributed by atoms with Crippen molar-refractivity contribution in [1.29, 1.82) is 0 Å². The lowest BCUT2D eigenvalue weighted by atomic mass is 9.84. The smallest absolute Gasteiger partial charge is 0.251 e. The van der Waals surface area contributed by atoms with Crippen LogP contribution in [0.1, 0.15) is 23.2 Å². The number of carbonyl (C=O) groups is 1. The van der Waals surface area contributed by atoms with Crippen LogP contribution in [-0.4, -0.2) is 43.6 Å². The second-order valence-electron chi connectivity index (χ2n) is 6.62. The van der Waals surface area contributed by atoms with Crippen molar-refractivity contribution in [2.45, 2.75) is 18.9 Å². The van der Waals surface area contributed by atoms with E-state index < -0.39 is 0 Å². The molecular formula is C19H22N2O3S. The Balaban J connectivity index is 1.37. The first-order valence-electron chi connectivity index (χ1n) is 8.66. The maximum absolute atomic E-state index is 12.5. The van der Waals surface area contributed by atoms with Gasteiger partial charge in [-0.25, -0.2) is 0 Å². The molecule has 3 aliphatic rings. The molecular weight excluding hydrogens is 336 g/mol. The van der Waals surface area contributed by atoms with E-state index in [4.69, 9.17) is 9.47 Å². The van der Waals surface area contributed by atoms with Crippen LogP contribution >= 0.6 is 11.3 Å². The van der Waals surface area contributed by atoms with Crippen molar-refractivity contribution in [3.8, 4) is 15.9 Å². The zero-order valence-electron chi connectivity index (χ0n) is 14.2. The van der Waals surface area contributed by atoms with Crippen molar-refractivity contribution >= 4 is 17.2 Å². The minimum absolute atomic E-state index is 0.00286. The zero-order chi connectivity index (χ0) is 17.2. The first kappa shape index (κ1) is 16.4. The number of ether oxygens (including phenoxy) is 2. The molecule has 1 atom stereocenters. The van der Waals surface area contributed by atoms with E-state index in [0.717, 1.165) is 16.7 Å². The standard InChI is InChI=1S/C19H22N2O3S/c1-23-17-6-7-18(25-17)24-15-4-2-14(3-5-15)19(22)20-16-12-21-10-8-13(16)9-11-21/h2-7,13,16H,8-12H2,1H3,(H,20,22). The molecule has 0 radical (unpaired) electrons. The summed E-state index contributed by atoms with van der Waals surface area (Å²) in [5, 5.41) is 4.78. The molecule has 132 valence electrons. The van der Waals surface area contributed by atoms with E-state index in [0.29, 0.717) is 17.2 Å². The SMILES string of the molecule is COc1ccc(Oc2ccc(C(=O)NC3CN4CCC3CC4)cc2)s1. The Bertz CT molecular complexity index is 735. The monoisotopic (exact) mass is 358 g/mol. The predicted molar refractivity (Wildman–Crippen MR) is 97.8 cm³/mol. The number of rotatable bonds is 5. The maximum atomic E-state index is 12.5. The molecule has 1 N–H and O–H groups in total. The van der Waals surface area contributed by atoms with Gasteiger partial charge >= 0.3 is 0 Å². The number of benzene rings is 1. The number of amides is 1. The minimum atomic E-state index is 0.00286. The summed E-state index contributed by atoms with van der Waals surface area (Å²) in [7, 11) is 1.64. The summed E-state index contributed by atoms with van der Waals surface area (Å²) in [4.78, 5) is 15.0. The third kappa shape index (κ3) is 3.65. The molecule has 4 heterocycles. The number of fused-ring (bicyclic) bond motifs is 3. The van der Waals surface area contributed by atoms with E-state index in [1.165, 1.54) is 37.3 Å². The van der Waals surface area contributed by atoms with Crippen molar-refractivity contribution < 1.29 is 14.3 Å². The van der Waals surface area contributed by atoms with E-state index >= 15 is 0 Å². The van der Waals surface area contributed by atoms with Gasteiger partial charge in [0.05, 0.1) is 7.11 Å². The van der Waals surface area contributed by atoms with Crippen molar-refractivity contribution in [3.63, 3.8) is 0 Å². The van der Waals surface area contributed by atoms with E-state index in [2.05, 4.69) is 10.2 Å². The molecule has 5 rings (SSSR count). The number of hydrogen-bond acceptors (Lipinski definition) is 5. The van der Waals surface area contributed by atoms with Gasteiger partial charge in [-0.05, 0) is 68.2 Å². The fourth-order valence-corrected chi connectivity index (χ4v) is 4.33. The Kier molecular flexibility index (Phi) is 4.63. The van der Waals surface area contributed by atoms with E-state index in [-0.39, 0.29) is 11.9 Å². The van der Waals surface area contributed by atoms with Gasteiger partial charge in [0.15, 0.2) is 10.1 Å². The van der Waals surface area contributed by atoms with Gasteiger partial charge in [-0.1, -0.05) is 11.3 Å². The van der Waals surface area contributed by atoms with Gasteiger partial charge in [-0.3, -0.25) is 4.79 Å². The first-order chi connectivity index (χ1) is 12.2. The summed E-state index contributed by atoms with van der Waals surface area (Å²) in [6, 6.07) is 11.3. The molecule has 1 unspecified atom stereocenters. The number of thiophene rings is 1. The van der Waals surface area contributed by atoms with Gasteiger partial charge in [-0.2, -0.15) is 0 Å². The highest BCUT2D eigenvalue weighted by molar-refractivity contribution is 7.15. The summed E-state index contributed by atoms with van der Waals surface area (Å²) in [6.07, 6.45) is 2.39. The fourth-order valence-electron chi connectivity index (χ4n) is 3.64. The normalized spacial score (nSPS) is 24.8. The zero-order valence-corrected chi connectivity index (χ0v) is 15.1. The van der Waals surface area contributed by atoms with Crippen LogP contribution in [-0.2, 0) is 0 Å². The van der Waals surface area contributed by atoms with Crippen LogP contribution in [0.3, 0.4) is 0 Å². The van der Waals surface area contributed by atoms with Crippen LogP contribution in [0.5, 0.6) is 15.9 Å². The van der Waals surface area contributed by atoms with E-state index in [1.54, 1.807) is 7.11 Å². The maximum Gasteiger partial charge on any atom is 0.251 e. The van der Waals surface area contributed by atoms with Crippen LogP contribution in [0.25, 0.3) is 0 Å². The molecule has 0 spiro atoms. The van der Waals surface area contributed by atoms with Crippen molar-refractivity contribution in [1.82, 2.24) is 10.2 Å². The van der Waals surface area contributed by atoms with Crippen LogP contribution in [0, 0.1) is 5.92 Å². The average molecular weight is 358 g/mol. The molecule has 0 aliphatic carbocycles. The highest BCUT2D eigenvalue weighted by Crippen LogP contribution is 2.34. The molecule has 1 amide bonds. The van der Waals surface area contributed by atoms with Gasteiger partial charge in [0.1, 0.15) is 5.75 Å². The Hall–Kier alpha value is -2.05. The summed E-state index contributed by atoms with van der Waals surface area (Å²) >= 11 is 1.44. The number of nitrogens with zero attached hydrogens (tertiary/aromatic N) is 1. The van der Waals surface area contributed by atoms with Crippen LogP contribution in [0.15, 0.2) is 36.4 Å². The summed E-state index contributed by atoms with van der Waals surface area (Å²) in [5.41, 5.74) is 0.674. The molecule has 2 aromatic rings. The number of carbonyl (C=O) groups excluding carboxylic acids is 1. The van der Waals surface area contributed by atoms with Gasteiger partial charge in [0.2, 0.25) is 0 Å². The number of methoxy groups -OCH3 is 1. The van der Waals surface area contributed by atoms with Crippen molar-refractivity contribution in [3.05, 3.63) is 42.0 Å². The molecule has 6 heteroatoms. The van der Waals surface area contributed by atoms with E-state index in [1.807, 2.05) is 36.4 Å². The highest BCUT2D eigenvalue weighted by Gasteiger charge is 2.34. The lowest BCUT2D eigenvalue weighted by Gasteiger charge is -2.44. The second kappa shape index (κ2) is 7.06. The second-order valence-corrected chi connectivity index (χ2v) is 7.63.